The van der Waals surface area contributed by atoms with Crippen LogP contribution in [0.5, 0.6) is 5.75 Å². The number of rotatable bonds is 9. The molecule has 0 aliphatic heterocycles. The van der Waals surface area contributed by atoms with Gasteiger partial charge in [-0.15, -0.1) is 0 Å². The Morgan fingerprint density at radius 1 is 1.11 bits per heavy atom. The number of carbonyl (C=O) groups is 2. The van der Waals surface area contributed by atoms with Crippen molar-refractivity contribution in [3.8, 4) is 5.75 Å². The van der Waals surface area contributed by atoms with E-state index in [9.17, 15) is 22.6 Å². The summed E-state index contributed by atoms with van der Waals surface area (Å²) in [6.45, 7) is 7.42. The molecule has 0 heterocycles. The first kappa shape index (κ1) is 27.1. The molecule has 9 heteroatoms. The molecule has 1 unspecified atom stereocenters. The van der Waals surface area contributed by atoms with Gasteiger partial charge in [0.1, 0.15) is 12.4 Å². The van der Waals surface area contributed by atoms with Crippen molar-refractivity contribution in [2.45, 2.75) is 84.3 Å². The first-order valence-corrected chi connectivity index (χ1v) is 14.5. The fourth-order valence-corrected chi connectivity index (χ4v) is 7.59. The molecule has 5 rings (SSSR count). The molecule has 4 aliphatic carbocycles. The molecule has 4 saturated carbocycles. The molecule has 4 aliphatic rings. The Balaban J connectivity index is 1.59. The fourth-order valence-electron chi connectivity index (χ4n) is 6.77. The van der Waals surface area contributed by atoms with E-state index in [1.165, 1.54) is 26.2 Å². The molecule has 1 atom stereocenters. The third kappa shape index (κ3) is 6.66. The van der Waals surface area contributed by atoms with Gasteiger partial charge in [0.05, 0.1) is 11.2 Å². The lowest BCUT2D eigenvalue weighted by Crippen LogP contribution is -2.51. The van der Waals surface area contributed by atoms with E-state index in [0.717, 1.165) is 19.3 Å². The number of esters is 2. The van der Waals surface area contributed by atoms with Crippen molar-refractivity contribution in [3.05, 3.63) is 29.3 Å². The van der Waals surface area contributed by atoms with Crippen LogP contribution in [0.25, 0.3) is 0 Å². The Morgan fingerprint density at radius 2 is 1.69 bits per heavy atom. The minimum Gasteiger partial charge on any atom is -0.461 e. The van der Waals surface area contributed by atoms with Gasteiger partial charge >= 0.3 is 11.9 Å². The number of benzene rings is 1. The standard InChI is InChI=1S/C27H39NO7S/c1-17(29)34-15-22-10-21(23(16-36(31,32)33)14-28-26(2,3)4)5-6-24(22)35-25(30)27-11-18-7-19(12-27)9-20(8-18)13-27/h5-6,10,18-20,23,28H,7-9,11-16H2,1-4H3,(H,31,32,33). The average molecular weight is 522 g/mol. The smallest absolute Gasteiger partial charge is 0.317 e. The minimum atomic E-state index is -4.24. The van der Waals surface area contributed by atoms with Gasteiger partial charge in [-0.1, -0.05) is 6.07 Å². The van der Waals surface area contributed by atoms with Crippen molar-refractivity contribution in [1.29, 1.82) is 0 Å². The van der Waals surface area contributed by atoms with Crippen LogP contribution in [0.1, 0.15) is 83.3 Å². The summed E-state index contributed by atoms with van der Waals surface area (Å²) in [5.74, 6) is 0.438. The molecule has 0 spiro atoms. The Hall–Kier alpha value is -1.97. The summed E-state index contributed by atoms with van der Waals surface area (Å²) in [5.41, 5.74) is 0.444. The normalized spacial score (nSPS) is 28.1. The number of carbonyl (C=O) groups excluding carboxylic acids is 2. The Kier molecular flexibility index (Phi) is 7.57. The van der Waals surface area contributed by atoms with Crippen molar-refractivity contribution >= 4 is 22.1 Å². The van der Waals surface area contributed by atoms with Crippen molar-refractivity contribution in [2.24, 2.45) is 23.2 Å². The van der Waals surface area contributed by atoms with Gasteiger partial charge in [-0.05, 0) is 94.7 Å². The van der Waals surface area contributed by atoms with E-state index in [-0.39, 0.29) is 18.1 Å². The van der Waals surface area contributed by atoms with E-state index in [4.69, 9.17) is 9.47 Å². The monoisotopic (exact) mass is 521 g/mol. The van der Waals surface area contributed by atoms with E-state index in [2.05, 4.69) is 5.32 Å². The molecular weight excluding hydrogens is 482 g/mol. The van der Waals surface area contributed by atoms with E-state index in [1.807, 2.05) is 20.8 Å². The van der Waals surface area contributed by atoms with Crippen LogP contribution in [0.15, 0.2) is 18.2 Å². The maximum Gasteiger partial charge on any atom is 0.317 e. The van der Waals surface area contributed by atoms with Gasteiger partial charge in [0.2, 0.25) is 0 Å². The third-order valence-corrected chi connectivity index (χ3v) is 8.77. The average Bonchev–Trinajstić information content (AvgIpc) is 2.73. The van der Waals surface area contributed by atoms with Crippen LogP contribution < -0.4 is 10.1 Å². The summed E-state index contributed by atoms with van der Waals surface area (Å²) in [6.07, 6.45) is 6.29. The van der Waals surface area contributed by atoms with Crippen LogP contribution in [0.2, 0.25) is 0 Å². The van der Waals surface area contributed by atoms with E-state index in [1.54, 1.807) is 18.2 Å². The molecule has 4 fully saturated rings. The van der Waals surface area contributed by atoms with Crippen LogP contribution in [0.4, 0.5) is 0 Å². The van der Waals surface area contributed by atoms with E-state index < -0.39 is 33.2 Å². The maximum absolute atomic E-state index is 13.5. The van der Waals surface area contributed by atoms with Gasteiger partial charge in [-0.25, -0.2) is 0 Å². The van der Waals surface area contributed by atoms with E-state index in [0.29, 0.717) is 41.2 Å². The number of ether oxygens (including phenoxy) is 2. The predicted molar refractivity (Wildman–Crippen MR) is 135 cm³/mol. The molecular formula is C27H39NO7S. The second kappa shape index (κ2) is 10.1. The maximum atomic E-state index is 13.5. The highest BCUT2D eigenvalue weighted by molar-refractivity contribution is 7.85. The van der Waals surface area contributed by atoms with Crippen molar-refractivity contribution in [1.82, 2.24) is 5.32 Å². The van der Waals surface area contributed by atoms with Crippen LogP contribution in [-0.2, 0) is 31.1 Å². The first-order chi connectivity index (χ1) is 16.7. The van der Waals surface area contributed by atoms with Crippen LogP contribution in [-0.4, -0.2) is 42.7 Å². The molecule has 200 valence electrons. The summed E-state index contributed by atoms with van der Waals surface area (Å²) in [4.78, 5) is 25.1. The molecule has 1 aromatic carbocycles. The van der Waals surface area contributed by atoms with Gasteiger partial charge in [0, 0.05) is 30.5 Å². The van der Waals surface area contributed by atoms with Crippen molar-refractivity contribution in [2.75, 3.05) is 12.3 Å². The lowest BCUT2D eigenvalue weighted by atomic mass is 9.49. The summed E-state index contributed by atoms with van der Waals surface area (Å²) >= 11 is 0. The summed E-state index contributed by atoms with van der Waals surface area (Å²) < 4.78 is 44.3. The summed E-state index contributed by atoms with van der Waals surface area (Å²) in [5, 5.41) is 3.29. The largest absolute Gasteiger partial charge is 0.461 e. The van der Waals surface area contributed by atoms with Crippen molar-refractivity contribution in [3.63, 3.8) is 0 Å². The van der Waals surface area contributed by atoms with E-state index >= 15 is 0 Å². The third-order valence-electron chi connectivity index (χ3n) is 7.95. The van der Waals surface area contributed by atoms with Gasteiger partial charge < -0.3 is 14.8 Å². The number of hydrogen-bond acceptors (Lipinski definition) is 7. The van der Waals surface area contributed by atoms with Gasteiger partial charge in [-0.2, -0.15) is 8.42 Å². The zero-order valence-electron chi connectivity index (χ0n) is 21.7. The number of nitrogens with one attached hydrogen (secondary N) is 1. The molecule has 8 nitrogen and oxygen atoms in total. The molecule has 0 radical (unpaired) electrons. The Morgan fingerprint density at radius 3 is 2.19 bits per heavy atom. The Bertz CT molecular complexity index is 1070. The molecule has 1 aromatic rings. The lowest BCUT2D eigenvalue weighted by molar-refractivity contribution is -0.161. The quantitative estimate of drug-likeness (QED) is 0.282. The van der Waals surface area contributed by atoms with Crippen LogP contribution in [0, 0.1) is 23.2 Å². The van der Waals surface area contributed by atoms with Gasteiger partial charge in [-0.3, -0.25) is 14.1 Å². The lowest BCUT2D eigenvalue weighted by Gasteiger charge is -2.55. The predicted octanol–water partition coefficient (Wildman–Crippen LogP) is 4.23. The van der Waals surface area contributed by atoms with Crippen molar-refractivity contribution < 1.29 is 32.0 Å². The second-order valence-electron chi connectivity index (χ2n) is 12.3. The highest BCUT2D eigenvalue weighted by atomic mass is 32.2. The second-order valence-corrected chi connectivity index (χ2v) is 13.8. The zero-order valence-corrected chi connectivity index (χ0v) is 22.5. The highest BCUT2D eigenvalue weighted by Crippen LogP contribution is 2.60. The molecule has 0 amide bonds. The SMILES string of the molecule is CC(=O)OCc1cc(C(CNC(C)(C)C)CS(=O)(=O)O)ccc1OC(=O)C12CC3CC(CC(C3)C1)C2. The van der Waals surface area contributed by atoms with Gasteiger partial charge in [0.25, 0.3) is 10.1 Å². The molecule has 4 bridgehead atoms. The molecule has 2 N–H and O–H groups in total. The van der Waals surface area contributed by atoms with Crippen LogP contribution in [0.3, 0.4) is 0 Å². The minimum absolute atomic E-state index is 0.0992. The first-order valence-electron chi connectivity index (χ1n) is 12.9. The number of hydrogen-bond donors (Lipinski definition) is 2. The summed E-state index contributed by atoms with van der Waals surface area (Å²) in [6, 6.07) is 5.09. The summed E-state index contributed by atoms with van der Waals surface area (Å²) in [7, 11) is -4.24. The highest BCUT2D eigenvalue weighted by Gasteiger charge is 2.55. The molecule has 0 aromatic heterocycles. The van der Waals surface area contributed by atoms with Crippen LogP contribution >= 0.6 is 0 Å². The topological polar surface area (TPSA) is 119 Å². The zero-order chi connectivity index (χ0) is 26.3. The molecule has 0 saturated heterocycles. The molecule has 36 heavy (non-hydrogen) atoms. The van der Waals surface area contributed by atoms with Gasteiger partial charge in [0.15, 0.2) is 0 Å². The Labute approximate surface area is 214 Å². The fraction of sp³-hybridized carbons (Fsp3) is 0.704.